The number of aromatic hydroxyl groups is 1. The molecule has 7 nitrogen and oxygen atoms in total. The fourth-order valence-electron chi connectivity index (χ4n) is 3.82. The Hall–Kier alpha value is -2.28. The summed E-state index contributed by atoms with van der Waals surface area (Å²) in [5, 5.41) is 12.3. The third-order valence-corrected chi connectivity index (χ3v) is 5.41. The zero-order valence-corrected chi connectivity index (χ0v) is 16.1. The zero-order valence-electron chi connectivity index (χ0n) is 16.1. The number of likely N-dealkylation sites (tertiary alicyclic amines) is 1. The molecule has 7 heteroatoms. The fraction of sp³-hybridized carbons (Fsp3) is 0.600. The number of piperidine rings is 1. The summed E-state index contributed by atoms with van der Waals surface area (Å²) in [5.74, 6) is 0.829. The number of phenols is 1. The van der Waals surface area contributed by atoms with Crippen LogP contribution in [0.2, 0.25) is 0 Å². The van der Waals surface area contributed by atoms with Crippen LogP contribution in [0.4, 0.5) is 4.79 Å². The molecule has 3 rings (SSSR count). The van der Waals surface area contributed by atoms with Gasteiger partial charge >= 0.3 is 6.03 Å². The van der Waals surface area contributed by atoms with Crippen LogP contribution in [0.1, 0.15) is 30.1 Å². The summed E-state index contributed by atoms with van der Waals surface area (Å²) in [4.78, 5) is 30.8. The van der Waals surface area contributed by atoms with Gasteiger partial charge in [-0.05, 0) is 49.6 Å². The number of carbonyl (C=O) groups is 2. The number of hydrogen-bond acceptors (Lipinski definition) is 4. The lowest BCUT2D eigenvalue weighted by Gasteiger charge is -2.35. The van der Waals surface area contributed by atoms with Crippen molar-refractivity contribution in [2.75, 3.05) is 52.4 Å². The lowest BCUT2D eigenvalue weighted by molar-refractivity contribution is 0.0664. The topological polar surface area (TPSA) is 76.1 Å². The summed E-state index contributed by atoms with van der Waals surface area (Å²) < 4.78 is 0. The molecule has 0 saturated carbocycles. The Morgan fingerprint density at radius 3 is 2.41 bits per heavy atom. The number of carbonyl (C=O) groups excluding carboxylic acids is 2. The first-order valence-corrected chi connectivity index (χ1v) is 9.86. The molecular formula is C20H30N4O3. The van der Waals surface area contributed by atoms with Crippen molar-refractivity contribution in [2.45, 2.75) is 19.8 Å². The van der Waals surface area contributed by atoms with Gasteiger partial charge in [0.2, 0.25) is 0 Å². The maximum absolute atomic E-state index is 12.5. The van der Waals surface area contributed by atoms with Crippen LogP contribution in [0.15, 0.2) is 24.3 Å². The second-order valence-corrected chi connectivity index (χ2v) is 7.61. The summed E-state index contributed by atoms with van der Waals surface area (Å²) in [7, 11) is 0. The van der Waals surface area contributed by atoms with Crippen molar-refractivity contribution >= 4 is 11.9 Å². The molecule has 3 amide bonds. The molecule has 0 radical (unpaired) electrons. The van der Waals surface area contributed by atoms with Crippen molar-refractivity contribution in [1.82, 2.24) is 20.0 Å². The summed E-state index contributed by atoms with van der Waals surface area (Å²) >= 11 is 0. The second-order valence-electron chi connectivity index (χ2n) is 7.61. The van der Waals surface area contributed by atoms with Crippen LogP contribution >= 0.6 is 0 Å². The lowest BCUT2D eigenvalue weighted by atomic mass is 10.0. The Labute approximate surface area is 160 Å². The van der Waals surface area contributed by atoms with Crippen molar-refractivity contribution in [1.29, 1.82) is 0 Å². The highest BCUT2D eigenvalue weighted by atomic mass is 16.3. The fourth-order valence-corrected chi connectivity index (χ4v) is 3.82. The Morgan fingerprint density at radius 2 is 1.74 bits per heavy atom. The molecule has 0 aromatic heterocycles. The minimum absolute atomic E-state index is 0.0446. The molecule has 2 fully saturated rings. The van der Waals surface area contributed by atoms with Crippen molar-refractivity contribution in [3.05, 3.63) is 29.8 Å². The third kappa shape index (κ3) is 5.35. The van der Waals surface area contributed by atoms with Crippen LogP contribution in [-0.2, 0) is 0 Å². The number of urea groups is 1. The minimum Gasteiger partial charge on any atom is -0.508 e. The average Bonchev–Trinajstić information content (AvgIpc) is 2.68. The van der Waals surface area contributed by atoms with E-state index in [1.165, 1.54) is 25.0 Å². The number of hydrogen-bond donors (Lipinski definition) is 2. The third-order valence-electron chi connectivity index (χ3n) is 5.41. The quantitative estimate of drug-likeness (QED) is 0.839. The summed E-state index contributed by atoms with van der Waals surface area (Å²) in [6, 6.07) is 6.23. The smallest absolute Gasteiger partial charge is 0.317 e. The Balaban J connectivity index is 1.38. The van der Waals surface area contributed by atoms with Crippen molar-refractivity contribution in [3.8, 4) is 5.75 Å². The first-order chi connectivity index (χ1) is 13.0. The number of nitrogens with one attached hydrogen (secondary N) is 1. The predicted octanol–water partition coefficient (Wildman–Crippen LogP) is 1.59. The van der Waals surface area contributed by atoms with Crippen molar-refractivity contribution < 1.29 is 14.7 Å². The van der Waals surface area contributed by atoms with Gasteiger partial charge in [0.1, 0.15) is 5.75 Å². The van der Waals surface area contributed by atoms with Gasteiger partial charge in [0.25, 0.3) is 5.91 Å². The molecule has 0 bridgehead atoms. The lowest BCUT2D eigenvalue weighted by Crippen LogP contribution is -2.53. The summed E-state index contributed by atoms with van der Waals surface area (Å²) in [6.45, 7) is 8.21. The number of rotatable bonds is 4. The Kier molecular flexibility index (Phi) is 6.55. The molecule has 0 spiro atoms. The van der Waals surface area contributed by atoms with E-state index < -0.39 is 0 Å². The highest BCUT2D eigenvalue weighted by Gasteiger charge is 2.25. The summed E-state index contributed by atoms with van der Waals surface area (Å²) in [6.07, 6.45) is 2.54. The van der Waals surface area contributed by atoms with E-state index in [4.69, 9.17) is 0 Å². The molecule has 148 valence electrons. The average molecular weight is 374 g/mol. The molecule has 0 aliphatic carbocycles. The highest BCUT2D eigenvalue weighted by Crippen LogP contribution is 2.15. The van der Waals surface area contributed by atoms with Gasteiger partial charge in [-0.25, -0.2) is 4.79 Å². The highest BCUT2D eigenvalue weighted by molar-refractivity contribution is 5.94. The van der Waals surface area contributed by atoms with Gasteiger partial charge in [-0.15, -0.1) is 0 Å². The molecule has 1 atom stereocenters. The molecule has 2 aliphatic heterocycles. The number of benzene rings is 1. The van der Waals surface area contributed by atoms with Crippen LogP contribution in [0.5, 0.6) is 5.75 Å². The van der Waals surface area contributed by atoms with Gasteiger partial charge in [0.05, 0.1) is 0 Å². The van der Waals surface area contributed by atoms with Crippen LogP contribution in [0, 0.1) is 5.92 Å². The molecule has 2 aliphatic rings. The molecule has 2 N–H and O–H groups in total. The van der Waals surface area contributed by atoms with Gasteiger partial charge in [-0.1, -0.05) is 6.92 Å². The molecule has 1 unspecified atom stereocenters. The van der Waals surface area contributed by atoms with E-state index >= 15 is 0 Å². The second kappa shape index (κ2) is 9.08. The number of phenolic OH excluding ortho intramolecular Hbond substituents is 1. The summed E-state index contributed by atoms with van der Waals surface area (Å²) in [5.41, 5.74) is 0.557. The van der Waals surface area contributed by atoms with Crippen molar-refractivity contribution in [2.24, 2.45) is 5.92 Å². The number of piperazine rings is 1. The Bertz CT molecular complexity index is 641. The SMILES string of the molecule is CC1CCCN(CCNC(=O)N2CCN(C(=O)c3ccc(O)cc3)CC2)C1. The van der Waals surface area contributed by atoms with E-state index in [2.05, 4.69) is 17.1 Å². The maximum Gasteiger partial charge on any atom is 0.317 e. The maximum atomic E-state index is 12.5. The predicted molar refractivity (Wildman–Crippen MR) is 104 cm³/mol. The van der Waals surface area contributed by atoms with E-state index in [-0.39, 0.29) is 17.7 Å². The van der Waals surface area contributed by atoms with Crippen LogP contribution in [0.3, 0.4) is 0 Å². The number of nitrogens with zero attached hydrogens (tertiary/aromatic N) is 3. The molecular weight excluding hydrogens is 344 g/mol. The van der Waals surface area contributed by atoms with Gasteiger partial charge in [-0.2, -0.15) is 0 Å². The largest absolute Gasteiger partial charge is 0.508 e. The monoisotopic (exact) mass is 374 g/mol. The van der Waals surface area contributed by atoms with Crippen molar-refractivity contribution in [3.63, 3.8) is 0 Å². The molecule has 1 aromatic carbocycles. The van der Waals surface area contributed by atoms with Gasteiger partial charge in [0, 0.05) is 51.4 Å². The van der Waals surface area contributed by atoms with Crippen LogP contribution in [-0.4, -0.2) is 84.1 Å². The van der Waals surface area contributed by atoms with Gasteiger partial charge in [0.15, 0.2) is 0 Å². The van der Waals surface area contributed by atoms with E-state index in [0.717, 1.165) is 25.6 Å². The standard InChI is InChI=1S/C20H30N4O3/c1-16-3-2-9-22(15-16)10-8-21-20(27)24-13-11-23(12-14-24)19(26)17-4-6-18(25)7-5-17/h4-7,16,25H,2-3,8-15H2,1H3,(H,21,27). The molecule has 27 heavy (non-hydrogen) atoms. The molecule has 2 heterocycles. The van der Waals surface area contributed by atoms with Crippen LogP contribution in [0.25, 0.3) is 0 Å². The van der Waals surface area contributed by atoms with E-state index in [1.807, 2.05) is 0 Å². The van der Waals surface area contributed by atoms with Gasteiger partial charge < -0.3 is 25.1 Å². The van der Waals surface area contributed by atoms with E-state index in [0.29, 0.717) is 38.3 Å². The van der Waals surface area contributed by atoms with Gasteiger partial charge in [-0.3, -0.25) is 4.79 Å². The van der Waals surface area contributed by atoms with Crippen LogP contribution < -0.4 is 5.32 Å². The molecule has 1 aromatic rings. The minimum atomic E-state index is -0.0609. The Morgan fingerprint density at radius 1 is 1.07 bits per heavy atom. The normalized spacial score (nSPS) is 21.1. The first kappa shape index (κ1) is 19.5. The zero-order chi connectivity index (χ0) is 19.2. The van der Waals surface area contributed by atoms with E-state index in [9.17, 15) is 14.7 Å². The number of amides is 3. The van der Waals surface area contributed by atoms with E-state index in [1.54, 1.807) is 21.9 Å². The first-order valence-electron chi connectivity index (χ1n) is 9.86. The molecule has 2 saturated heterocycles.